The zero-order chi connectivity index (χ0) is 20.5. The summed E-state index contributed by atoms with van der Waals surface area (Å²) >= 11 is 0. The number of amides is 1. The first kappa shape index (κ1) is 18.1. The van der Waals surface area contributed by atoms with Gasteiger partial charge in [0.05, 0.1) is 30.2 Å². The van der Waals surface area contributed by atoms with Gasteiger partial charge in [0, 0.05) is 5.69 Å². The lowest BCUT2D eigenvalue weighted by Gasteiger charge is -2.38. The number of hydrogen-bond acceptors (Lipinski definition) is 6. The maximum atomic E-state index is 12.7. The van der Waals surface area contributed by atoms with Gasteiger partial charge in [-0.15, -0.1) is 12.8 Å². The predicted octanol–water partition coefficient (Wildman–Crippen LogP) is 1.20. The molecule has 0 bridgehead atoms. The van der Waals surface area contributed by atoms with Gasteiger partial charge < -0.3 is 10.2 Å². The van der Waals surface area contributed by atoms with Crippen LogP contribution < -0.4 is 20.7 Å². The van der Waals surface area contributed by atoms with Crippen LogP contribution in [0.15, 0.2) is 29.2 Å². The Hall–Kier alpha value is -4.24. The highest BCUT2D eigenvalue weighted by atomic mass is 16.2. The Morgan fingerprint density at radius 2 is 2.00 bits per heavy atom. The van der Waals surface area contributed by atoms with Gasteiger partial charge in [0.1, 0.15) is 11.7 Å². The van der Waals surface area contributed by atoms with Gasteiger partial charge in [0.15, 0.2) is 5.82 Å². The third-order valence-electron chi connectivity index (χ3n) is 4.75. The molecule has 0 saturated heterocycles. The topological polar surface area (TPSA) is 110 Å². The molecule has 1 atom stereocenters. The largest absolute Gasteiger partial charge is 0.332 e. The lowest BCUT2D eigenvalue weighted by atomic mass is 10.1. The zero-order valence-corrected chi connectivity index (χ0v) is 15.6. The summed E-state index contributed by atoms with van der Waals surface area (Å²) in [7, 11) is 0. The van der Waals surface area contributed by atoms with E-state index >= 15 is 0 Å². The molecule has 1 amide bonds. The smallest absolute Gasteiger partial charge is 0.271 e. The molecule has 0 radical (unpaired) electrons. The van der Waals surface area contributed by atoms with Gasteiger partial charge in [-0.2, -0.15) is 4.98 Å². The fourth-order valence-electron chi connectivity index (χ4n) is 3.30. The monoisotopic (exact) mass is 387 g/mol. The van der Waals surface area contributed by atoms with Gasteiger partial charge in [-0.3, -0.25) is 24.7 Å². The van der Waals surface area contributed by atoms with Crippen LogP contribution in [0.3, 0.4) is 0 Å². The maximum absolute atomic E-state index is 12.7. The number of rotatable bonds is 4. The summed E-state index contributed by atoms with van der Waals surface area (Å²) in [5.41, 5.74) is 1.67. The Kier molecular flexibility index (Phi) is 4.41. The number of aromatic nitrogens is 4. The quantitative estimate of drug-likeness (QED) is 0.580. The minimum atomic E-state index is -0.504. The number of aromatic amines is 2. The maximum Gasteiger partial charge on any atom is 0.271 e. The van der Waals surface area contributed by atoms with Crippen LogP contribution in [0.5, 0.6) is 0 Å². The van der Waals surface area contributed by atoms with Gasteiger partial charge in [-0.25, -0.2) is 4.98 Å². The Morgan fingerprint density at radius 1 is 1.21 bits per heavy atom. The summed E-state index contributed by atoms with van der Waals surface area (Å²) in [5, 5.41) is 9.01. The Labute approximate surface area is 166 Å². The van der Waals surface area contributed by atoms with Crippen LogP contribution in [0, 0.1) is 24.7 Å². The third-order valence-corrected chi connectivity index (χ3v) is 4.75. The van der Waals surface area contributed by atoms with Gasteiger partial charge >= 0.3 is 0 Å². The summed E-state index contributed by atoms with van der Waals surface area (Å²) in [6.45, 7) is 2.10. The van der Waals surface area contributed by atoms with Crippen molar-refractivity contribution in [3.63, 3.8) is 0 Å². The molecule has 0 spiro atoms. The van der Waals surface area contributed by atoms with Crippen molar-refractivity contribution in [2.75, 3.05) is 28.2 Å². The molecule has 0 fully saturated rings. The van der Waals surface area contributed by atoms with E-state index in [0.29, 0.717) is 34.0 Å². The minimum Gasteiger partial charge on any atom is -0.332 e. The third kappa shape index (κ3) is 3.05. The van der Waals surface area contributed by atoms with E-state index in [1.54, 1.807) is 36.2 Å². The van der Waals surface area contributed by atoms with Crippen LogP contribution in [0.25, 0.3) is 10.9 Å². The highest BCUT2D eigenvalue weighted by Gasteiger charge is 2.36. The molecule has 1 aromatic carbocycles. The van der Waals surface area contributed by atoms with Crippen molar-refractivity contribution in [2.24, 2.45) is 0 Å². The van der Waals surface area contributed by atoms with Gasteiger partial charge in [-0.05, 0) is 25.1 Å². The molecule has 2 aromatic heterocycles. The molecule has 4 rings (SSSR count). The second kappa shape index (κ2) is 7.06. The Morgan fingerprint density at radius 3 is 2.76 bits per heavy atom. The number of anilines is 4. The second-order valence-corrected chi connectivity index (χ2v) is 6.50. The van der Waals surface area contributed by atoms with Crippen LogP contribution >= 0.6 is 0 Å². The SMILES string of the molecule is C#CCN1C(=O)[C@@H](C)N(CC#C)c2nc(Nc3ccc4c(=O)[nH][nH]c4c3)ncc21. The summed E-state index contributed by atoms with van der Waals surface area (Å²) in [5.74, 6) is 5.75. The van der Waals surface area contributed by atoms with Crippen LogP contribution in [0.1, 0.15) is 6.92 Å². The summed E-state index contributed by atoms with van der Waals surface area (Å²) < 4.78 is 0. The number of benzene rings is 1. The number of nitrogens with one attached hydrogen (secondary N) is 3. The van der Waals surface area contributed by atoms with Gasteiger partial charge in [-0.1, -0.05) is 11.8 Å². The first-order valence-electron chi connectivity index (χ1n) is 8.83. The van der Waals surface area contributed by atoms with Crippen molar-refractivity contribution in [3.8, 4) is 24.7 Å². The first-order chi connectivity index (χ1) is 14.0. The molecule has 0 aliphatic carbocycles. The molecule has 3 heterocycles. The number of hydrogen-bond donors (Lipinski definition) is 3. The van der Waals surface area contributed by atoms with Crippen molar-refractivity contribution in [1.82, 2.24) is 20.2 Å². The van der Waals surface area contributed by atoms with E-state index < -0.39 is 6.04 Å². The average molecular weight is 387 g/mol. The number of carbonyl (C=O) groups is 1. The molecule has 1 aliphatic rings. The van der Waals surface area contributed by atoms with E-state index in [1.165, 1.54) is 4.90 Å². The summed E-state index contributed by atoms with van der Waals surface area (Å²) in [4.78, 5) is 36.4. The predicted molar refractivity (Wildman–Crippen MR) is 111 cm³/mol. The Balaban J connectivity index is 1.73. The van der Waals surface area contributed by atoms with Crippen LogP contribution in [-0.2, 0) is 4.79 Å². The van der Waals surface area contributed by atoms with Crippen molar-refractivity contribution >= 4 is 40.0 Å². The number of fused-ring (bicyclic) bond motifs is 2. The van der Waals surface area contributed by atoms with E-state index in [0.717, 1.165) is 0 Å². The number of terminal acetylenes is 2. The molecule has 0 unspecified atom stereocenters. The first-order valence-corrected chi connectivity index (χ1v) is 8.83. The number of carbonyl (C=O) groups excluding carboxylic acids is 1. The van der Waals surface area contributed by atoms with E-state index in [9.17, 15) is 9.59 Å². The molecule has 9 heteroatoms. The average Bonchev–Trinajstić information content (AvgIpc) is 3.09. The lowest BCUT2D eigenvalue weighted by molar-refractivity contribution is -0.119. The zero-order valence-electron chi connectivity index (χ0n) is 15.6. The van der Waals surface area contributed by atoms with E-state index in [1.807, 2.05) is 0 Å². The fourth-order valence-corrected chi connectivity index (χ4v) is 3.30. The van der Waals surface area contributed by atoms with Crippen molar-refractivity contribution in [3.05, 3.63) is 34.7 Å². The summed E-state index contributed by atoms with van der Waals surface area (Å²) in [6, 6.07) is 4.72. The van der Waals surface area contributed by atoms with Gasteiger partial charge in [0.2, 0.25) is 11.9 Å². The Bertz CT molecular complexity index is 1240. The number of H-pyrrole nitrogens is 2. The minimum absolute atomic E-state index is 0.119. The molecule has 1 aliphatic heterocycles. The standard InChI is InChI=1S/C20H17N7O2/c1-4-8-26-12(3)19(29)27(9-5-2)16-11-21-20(23-17(16)26)22-13-6-7-14-15(10-13)24-25-18(14)28/h1-2,6-7,10-12H,8-9H2,3H3,(H,21,22,23)(H2,24,25,28)/t12-/m1/s1. The van der Waals surface area contributed by atoms with Gasteiger partial charge in [0.25, 0.3) is 5.56 Å². The lowest BCUT2D eigenvalue weighted by Crippen LogP contribution is -2.52. The molecule has 144 valence electrons. The van der Waals surface area contributed by atoms with E-state index in [2.05, 4.69) is 37.3 Å². The van der Waals surface area contributed by atoms with Crippen LogP contribution in [0.2, 0.25) is 0 Å². The molecule has 29 heavy (non-hydrogen) atoms. The van der Waals surface area contributed by atoms with E-state index in [4.69, 9.17) is 12.8 Å². The molecule has 9 nitrogen and oxygen atoms in total. The second-order valence-electron chi connectivity index (χ2n) is 6.50. The van der Waals surface area contributed by atoms with Crippen LogP contribution in [0.4, 0.5) is 23.1 Å². The molecule has 3 aromatic rings. The number of nitrogens with zero attached hydrogens (tertiary/aromatic N) is 4. The van der Waals surface area contributed by atoms with Crippen LogP contribution in [-0.4, -0.2) is 45.2 Å². The summed E-state index contributed by atoms with van der Waals surface area (Å²) in [6.07, 6.45) is 12.5. The molecular weight excluding hydrogens is 370 g/mol. The van der Waals surface area contributed by atoms with Crippen molar-refractivity contribution in [2.45, 2.75) is 13.0 Å². The highest BCUT2D eigenvalue weighted by molar-refractivity contribution is 6.05. The fraction of sp³-hybridized carbons (Fsp3) is 0.200. The normalized spacial score (nSPS) is 15.7. The van der Waals surface area contributed by atoms with Crippen molar-refractivity contribution < 1.29 is 4.79 Å². The highest BCUT2D eigenvalue weighted by Crippen LogP contribution is 2.34. The molecule has 3 N–H and O–H groups in total. The van der Waals surface area contributed by atoms with E-state index in [-0.39, 0.29) is 24.6 Å². The van der Waals surface area contributed by atoms with Crippen molar-refractivity contribution in [1.29, 1.82) is 0 Å². The molecular formula is C20H17N7O2. The molecule has 0 saturated carbocycles.